The molecule has 3 aliphatic heterocycles. The van der Waals surface area contributed by atoms with Gasteiger partial charge in [0.15, 0.2) is 0 Å². The summed E-state index contributed by atoms with van der Waals surface area (Å²) in [6.07, 6.45) is 1.14. The van der Waals surface area contributed by atoms with Crippen molar-refractivity contribution in [3.8, 4) is 0 Å². The molecule has 9 nitrogen and oxygen atoms in total. The molecule has 31 heavy (non-hydrogen) atoms. The smallest absolute Gasteiger partial charge is 0.414 e. The zero-order chi connectivity index (χ0) is 22.2. The molecular weight excluding hydrogens is 407 g/mol. The Balaban J connectivity index is 1.46. The fraction of sp³-hybridized carbons (Fsp3) is 0.571. The second-order valence-electron chi connectivity index (χ2n) is 8.31. The van der Waals surface area contributed by atoms with Crippen LogP contribution in [-0.2, 0) is 14.3 Å². The van der Waals surface area contributed by atoms with Crippen LogP contribution in [0.5, 0.6) is 0 Å². The molecule has 1 unspecified atom stereocenters. The normalized spacial score (nSPS) is 25.3. The average Bonchev–Trinajstić information content (AvgIpc) is 3.45. The lowest BCUT2D eigenvalue weighted by atomic mass is 9.95. The van der Waals surface area contributed by atoms with Gasteiger partial charge in [0, 0.05) is 26.6 Å². The van der Waals surface area contributed by atoms with E-state index in [0.717, 1.165) is 19.3 Å². The minimum Gasteiger partial charge on any atom is -0.453 e. The molecule has 3 saturated heterocycles. The minimum absolute atomic E-state index is 0.207. The van der Waals surface area contributed by atoms with Crippen LogP contribution in [0.4, 0.5) is 25.4 Å². The zero-order valence-corrected chi connectivity index (χ0v) is 17.7. The Hall–Kier alpha value is -3.04. The number of cyclic esters (lactones) is 1. The number of ether oxygens (including phenoxy) is 2. The van der Waals surface area contributed by atoms with Gasteiger partial charge in [-0.1, -0.05) is 0 Å². The van der Waals surface area contributed by atoms with Gasteiger partial charge in [0.1, 0.15) is 11.9 Å². The van der Waals surface area contributed by atoms with Gasteiger partial charge in [-0.3, -0.25) is 9.69 Å². The fourth-order valence-corrected chi connectivity index (χ4v) is 4.84. The van der Waals surface area contributed by atoms with Crippen LogP contribution in [-0.4, -0.2) is 74.5 Å². The Kier molecular flexibility index (Phi) is 5.63. The summed E-state index contributed by atoms with van der Waals surface area (Å²) in [6, 6.07) is 4.68. The van der Waals surface area contributed by atoms with Crippen LogP contribution < -0.4 is 15.1 Å². The molecule has 4 rings (SSSR count). The van der Waals surface area contributed by atoms with E-state index in [1.54, 1.807) is 17.0 Å². The van der Waals surface area contributed by atoms with E-state index in [2.05, 4.69) is 5.32 Å². The van der Waals surface area contributed by atoms with Crippen LogP contribution in [0.3, 0.4) is 0 Å². The maximum atomic E-state index is 15.0. The first-order valence-electron chi connectivity index (χ1n) is 10.5. The van der Waals surface area contributed by atoms with Crippen molar-refractivity contribution >= 4 is 29.5 Å². The SMILES string of the molecule is COC(=O)N1CCCC12CCN(c1ccc(N3C[C@H](CNC(C)=O)OC3=O)cc1F)C2. The van der Waals surface area contributed by atoms with E-state index in [1.165, 1.54) is 25.0 Å². The largest absolute Gasteiger partial charge is 0.453 e. The average molecular weight is 434 g/mol. The van der Waals surface area contributed by atoms with Gasteiger partial charge in [0.25, 0.3) is 0 Å². The first-order chi connectivity index (χ1) is 14.8. The molecule has 0 aromatic heterocycles. The van der Waals surface area contributed by atoms with Gasteiger partial charge in [-0.05, 0) is 37.5 Å². The molecule has 168 valence electrons. The third-order valence-corrected chi connectivity index (χ3v) is 6.36. The number of anilines is 2. The highest BCUT2D eigenvalue weighted by molar-refractivity contribution is 5.90. The third-order valence-electron chi connectivity index (χ3n) is 6.36. The number of benzene rings is 1. The number of carbonyl (C=O) groups is 3. The number of likely N-dealkylation sites (tertiary alicyclic amines) is 1. The lowest BCUT2D eigenvalue weighted by molar-refractivity contribution is -0.119. The molecule has 3 heterocycles. The standard InChI is InChI=1S/C21H27FN4O5/c1-14(27)23-11-16-12-25(19(28)31-16)15-4-5-18(17(22)10-15)24-9-7-21(13-24)6-3-8-26(21)20(29)30-2/h4-5,10,16H,3,6-9,11-13H2,1-2H3,(H,23,27)/t16-,21?/m0/s1. The van der Waals surface area contributed by atoms with Crippen molar-refractivity contribution in [2.24, 2.45) is 0 Å². The Morgan fingerprint density at radius 2 is 2.13 bits per heavy atom. The minimum atomic E-state index is -0.567. The highest BCUT2D eigenvalue weighted by atomic mass is 19.1. The number of hydrogen-bond acceptors (Lipinski definition) is 6. The summed E-state index contributed by atoms with van der Waals surface area (Å²) in [5.74, 6) is -0.642. The first kappa shape index (κ1) is 21.2. The molecule has 0 aliphatic carbocycles. The molecule has 10 heteroatoms. The van der Waals surface area contributed by atoms with E-state index < -0.39 is 18.0 Å². The lowest BCUT2D eigenvalue weighted by Gasteiger charge is -2.34. The number of nitrogens with zero attached hydrogens (tertiary/aromatic N) is 3. The predicted molar refractivity (Wildman–Crippen MR) is 111 cm³/mol. The molecule has 2 atom stereocenters. The van der Waals surface area contributed by atoms with Crippen LogP contribution >= 0.6 is 0 Å². The summed E-state index contributed by atoms with van der Waals surface area (Å²) in [5, 5.41) is 2.62. The highest BCUT2D eigenvalue weighted by Gasteiger charge is 2.49. The Morgan fingerprint density at radius 3 is 2.84 bits per heavy atom. The number of nitrogens with one attached hydrogen (secondary N) is 1. The molecule has 1 aromatic rings. The van der Waals surface area contributed by atoms with Gasteiger partial charge in [0.2, 0.25) is 5.91 Å². The van der Waals surface area contributed by atoms with E-state index >= 15 is 4.39 Å². The van der Waals surface area contributed by atoms with Gasteiger partial charge in [-0.2, -0.15) is 0 Å². The molecular formula is C21H27FN4O5. The summed E-state index contributed by atoms with van der Waals surface area (Å²) < 4.78 is 25.2. The predicted octanol–water partition coefficient (Wildman–Crippen LogP) is 2.10. The topological polar surface area (TPSA) is 91.4 Å². The van der Waals surface area contributed by atoms with Gasteiger partial charge in [-0.15, -0.1) is 0 Å². The van der Waals surface area contributed by atoms with Gasteiger partial charge >= 0.3 is 12.2 Å². The van der Waals surface area contributed by atoms with Crippen molar-refractivity contribution < 1.29 is 28.2 Å². The van der Waals surface area contributed by atoms with E-state index in [1.807, 2.05) is 4.90 Å². The monoisotopic (exact) mass is 434 g/mol. The van der Waals surface area contributed by atoms with Crippen LogP contribution in [0, 0.1) is 5.82 Å². The van der Waals surface area contributed by atoms with Crippen molar-refractivity contribution in [2.45, 2.75) is 37.8 Å². The second kappa shape index (κ2) is 8.24. The summed E-state index contributed by atoms with van der Waals surface area (Å²) >= 11 is 0. The molecule has 3 fully saturated rings. The number of methoxy groups -OCH3 is 1. The molecule has 1 aromatic carbocycles. The first-order valence-corrected chi connectivity index (χ1v) is 10.5. The summed E-state index contributed by atoms with van der Waals surface area (Å²) in [5.41, 5.74) is 0.524. The van der Waals surface area contributed by atoms with Crippen molar-refractivity contribution in [3.63, 3.8) is 0 Å². The van der Waals surface area contributed by atoms with Crippen molar-refractivity contribution in [1.82, 2.24) is 10.2 Å². The zero-order valence-electron chi connectivity index (χ0n) is 17.7. The van der Waals surface area contributed by atoms with E-state index in [4.69, 9.17) is 9.47 Å². The van der Waals surface area contributed by atoms with Gasteiger partial charge in [0.05, 0.1) is 37.1 Å². The number of carbonyl (C=O) groups excluding carboxylic acids is 3. The molecule has 3 amide bonds. The van der Waals surface area contributed by atoms with E-state index in [0.29, 0.717) is 31.0 Å². The Labute approximate surface area is 180 Å². The summed E-state index contributed by atoms with van der Waals surface area (Å²) in [7, 11) is 1.38. The molecule has 1 N–H and O–H groups in total. The number of amides is 3. The molecule has 3 aliphatic rings. The fourth-order valence-electron chi connectivity index (χ4n) is 4.84. The number of halogens is 1. The second-order valence-corrected chi connectivity index (χ2v) is 8.31. The maximum Gasteiger partial charge on any atom is 0.414 e. The van der Waals surface area contributed by atoms with Crippen molar-refractivity contribution in [2.75, 3.05) is 49.6 Å². The quantitative estimate of drug-likeness (QED) is 0.781. The van der Waals surface area contributed by atoms with Crippen molar-refractivity contribution in [1.29, 1.82) is 0 Å². The lowest BCUT2D eigenvalue weighted by Crippen LogP contribution is -2.49. The number of rotatable bonds is 4. The molecule has 1 spiro atoms. The summed E-state index contributed by atoms with van der Waals surface area (Å²) in [4.78, 5) is 40.5. The summed E-state index contributed by atoms with van der Waals surface area (Å²) in [6.45, 7) is 3.67. The number of hydrogen-bond donors (Lipinski definition) is 1. The van der Waals surface area contributed by atoms with Crippen LogP contribution in [0.1, 0.15) is 26.2 Å². The molecule has 0 radical (unpaired) electrons. The van der Waals surface area contributed by atoms with Crippen LogP contribution in [0.25, 0.3) is 0 Å². The maximum absolute atomic E-state index is 15.0. The van der Waals surface area contributed by atoms with E-state index in [9.17, 15) is 14.4 Å². The Morgan fingerprint density at radius 1 is 1.32 bits per heavy atom. The third kappa shape index (κ3) is 3.98. The molecule has 0 bridgehead atoms. The van der Waals surface area contributed by atoms with Crippen LogP contribution in [0.2, 0.25) is 0 Å². The van der Waals surface area contributed by atoms with Crippen molar-refractivity contribution in [3.05, 3.63) is 24.0 Å². The van der Waals surface area contributed by atoms with Gasteiger partial charge < -0.3 is 24.6 Å². The van der Waals surface area contributed by atoms with Crippen LogP contribution in [0.15, 0.2) is 18.2 Å². The van der Waals surface area contributed by atoms with E-state index in [-0.39, 0.29) is 30.6 Å². The molecule has 0 saturated carbocycles. The van der Waals surface area contributed by atoms with Gasteiger partial charge in [-0.25, -0.2) is 14.0 Å². The highest BCUT2D eigenvalue weighted by Crippen LogP contribution is 2.40. The Bertz CT molecular complexity index is 897.